The van der Waals surface area contributed by atoms with Gasteiger partial charge in [-0.3, -0.25) is 9.48 Å². The Labute approximate surface area is 160 Å². The quantitative estimate of drug-likeness (QED) is 0.433. The van der Waals surface area contributed by atoms with Crippen LogP contribution in [-0.4, -0.2) is 15.6 Å². The Morgan fingerprint density at radius 3 is 2.81 bits per heavy atom. The van der Waals surface area contributed by atoms with Gasteiger partial charge in [-0.2, -0.15) is 5.10 Å². The van der Waals surface area contributed by atoms with Gasteiger partial charge in [-0.05, 0) is 43.3 Å². The number of carbonyl (C=O) groups excluding carboxylic acids is 1. The molecule has 2 heterocycles. The van der Waals surface area contributed by atoms with Crippen LogP contribution in [-0.2, 0) is 13.7 Å². The predicted octanol–water partition coefficient (Wildman–Crippen LogP) is 5.10. The molecule has 3 aromatic rings. The van der Waals surface area contributed by atoms with Crippen LogP contribution in [0.4, 0.5) is 0 Å². The zero-order chi connectivity index (χ0) is 18.7. The van der Waals surface area contributed by atoms with Crippen LogP contribution in [0.15, 0.2) is 47.0 Å². The van der Waals surface area contributed by atoms with Gasteiger partial charge < -0.3 is 9.15 Å². The van der Waals surface area contributed by atoms with E-state index in [0.29, 0.717) is 27.3 Å². The smallest absolute Gasteiger partial charge is 0.207 e. The number of nitrogens with zero attached hydrogens (tertiary/aromatic N) is 2. The molecule has 0 unspecified atom stereocenters. The van der Waals surface area contributed by atoms with Gasteiger partial charge in [0.2, 0.25) is 5.78 Å². The lowest BCUT2D eigenvalue weighted by Crippen LogP contribution is -1.98. The first-order valence-electron chi connectivity index (χ1n) is 7.82. The van der Waals surface area contributed by atoms with E-state index >= 15 is 0 Å². The summed E-state index contributed by atoms with van der Waals surface area (Å²) in [5.74, 6) is 1.57. The van der Waals surface area contributed by atoms with Crippen molar-refractivity contribution in [3.63, 3.8) is 0 Å². The summed E-state index contributed by atoms with van der Waals surface area (Å²) in [7, 11) is 1.70. The van der Waals surface area contributed by atoms with Gasteiger partial charge in [-0.25, -0.2) is 0 Å². The van der Waals surface area contributed by atoms with Crippen LogP contribution < -0.4 is 4.74 Å². The van der Waals surface area contributed by atoms with Crippen LogP contribution in [0.25, 0.3) is 6.08 Å². The fourth-order valence-electron chi connectivity index (χ4n) is 2.32. The molecule has 0 fully saturated rings. The van der Waals surface area contributed by atoms with Crippen LogP contribution in [0.2, 0.25) is 10.0 Å². The first-order chi connectivity index (χ1) is 12.4. The van der Waals surface area contributed by atoms with Crippen molar-refractivity contribution < 1.29 is 13.9 Å². The molecule has 2 aromatic heterocycles. The number of aromatic nitrogens is 2. The molecule has 0 aliphatic carbocycles. The van der Waals surface area contributed by atoms with Crippen LogP contribution >= 0.6 is 23.2 Å². The number of ketones is 1. The zero-order valence-corrected chi connectivity index (χ0v) is 15.7. The molecule has 7 heteroatoms. The molecule has 0 aliphatic heterocycles. The standard InChI is InChI=1S/C19H16Cl2N2O3/c1-12-15(20)4-3-5-18(12)25-11-14-7-6-13(26-14)8-9-17(24)19-16(21)10-23(2)22-19/h3-10H,11H2,1-2H3/b9-8+. The molecule has 0 spiro atoms. The Hall–Kier alpha value is -2.50. The van der Waals surface area contributed by atoms with Crippen molar-refractivity contribution in [2.75, 3.05) is 0 Å². The molecule has 0 N–H and O–H groups in total. The number of halogens is 2. The number of hydrogen-bond donors (Lipinski definition) is 0. The number of carbonyl (C=O) groups is 1. The fraction of sp³-hybridized carbons (Fsp3) is 0.158. The molecule has 0 saturated heterocycles. The molecule has 3 rings (SSSR count). The monoisotopic (exact) mass is 390 g/mol. The highest BCUT2D eigenvalue weighted by Crippen LogP contribution is 2.26. The maximum Gasteiger partial charge on any atom is 0.207 e. The van der Waals surface area contributed by atoms with Crippen molar-refractivity contribution in [3.05, 3.63) is 75.4 Å². The van der Waals surface area contributed by atoms with E-state index in [0.717, 1.165) is 5.56 Å². The Bertz CT molecular complexity index is 973. The van der Waals surface area contributed by atoms with Crippen LogP contribution in [0.5, 0.6) is 5.75 Å². The minimum Gasteiger partial charge on any atom is -0.485 e. The lowest BCUT2D eigenvalue weighted by atomic mass is 10.2. The summed E-state index contributed by atoms with van der Waals surface area (Å²) in [5, 5.41) is 4.99. The second-order valence-electron chi connectivity index (χ2n) is 5.65. The number of furan rings is 1. The summed E-state index contributed by atoms with van der Waals surface area (Å²) in [6.07, 6.45) is 4.52. The largest absolute Gasteiger partial charge is 0.485 e. The second kappa shape index (κ2) is 7.81. The molecule has 134 valence electrons. The summed E-state index contributed by atoms with van der Waals surface area (Å²) in [5.41, 5.74) is 1.08. The number of allylic oxidation sites excluding steroid dienone is 1. The molecular formula is C19H16Cl2N2O3. The molecule has 0 amide bonds. The summed E-state index contributed by atoms with van der Waals surface area (Å²) < 4.78 is 12.9. The Balaban J connectivity index is 1.63. The summed E-state index contributed by atoms with van der Waals surface area (Å²) in [4.78, 5) is 12.1. The highest BCUT2D eigenvalue weighted by atomic mass is 35.5. The van der Waals surface area contributed by atoms with Crippen LogP contribution in [0, 0.1) is 6.92 Å². The minimum atomic E-state index is -0.292. The third-order valence-electron chi connectivity index (χ3n) is 3.69. The third-order valence-corrected chi connectivity index (χ3v) is 4.37. The molecule has 0 bridgehead atoms. The fourth-order valence-corrected chi connectivity index (χ4v) is 2.76. The Morgan fingerprint density at radius 2 is 2.08 bits per heavy atom. The highest BCUT2D eigenvalue weighted by Gasteiger charge is 2.12. The van der Waals surface area contributed by atoms with E-state index in [1.54, 1.807) is 31.5 Å². The molecule has 1 aromatic carbocycles. The van der Waals surface area contributed by atoms with Crippen molar-refractivity contribution >= 4 is 35.1 Å². The van der Waals surface area contributed by atoms with Gasteiger partial charge >= 0.3 is 0 Å². The van der Waals surface area contributed by atoms with Crippen LogP contribution in [0.3, 0.4) is 0 Å². The molecule has 0 radical (unpaired) electrons. The third kappa shape index (κ3) is 4.18. The molecule has 0 atom stereocenters. The average Bonchev–Trinajstić information content (AvgIpc) is 3.20. The van der Waals surface area contributed by atoms with E-state index in [2.05, 4.69) is 5.10 Å². The predicted molar refractivity (Wildman–Crippen MR) is 101 cm³/mol. The lowest BCUT2D eigenvalue weighted by Gasteiger charge is -2.08. The number of aryl methyl sites for hydroxylation is 1. The zero-order valence-electron chi connectivity index (χ0n) is 14.2. The van der Waals surface area contributed by atoms with Gasteiger partial charge in [0.05, 0.1) is 5.02 Å². The van der Waals surface area contributed by atoms with Gasteiger partial charge in [0.15, 0.2) is 5.69 Å². The summed E-state index contributed by atoms with van der Waals surface area (Å²) in [6.45, 7) is 2.15. The van der Waals surface area contributed by atoms with E-state index in [1.165, 1.54) is 10.8 Å². The number of hydrogen-bond acceptors (Lipinski definition) is 4. The average molecular weight is 391 g/mol. The van der Waals surface area contributed by atoms with E-state index < -0.39 is 0 Å². The lowest BCUT2D eigenvalue weighted by molar-refractivity contribution is 0.104. The summed E-state index contributed by atoms with van der Waals surface area (Å²) >= 11 is 12.0. The van der Waals surface area contributed by atoms with E-state index in [4.69, 9.17) is 32.4 Å². The second-order valence-corrected chi connectivity index (χ2v) is 6.47. The van der Waals surface area contributed by atoms with Crippen molar-refractivity contribution in [2.45, 2.75) is 13.5 Å². The topological polar surface area (TPSA) is 57.3 Å². The SMILES string of the molecule is Cc1c(Cl)cccc1OCc1ccc(/C=C/C(=O)c2nn(C)cc2Cl)o1. The first-order valence-corrected chi connectivity index (χ1v) is 8.58. The Morgan fingerprint density at radius 1 is 1.27 bits per heavy atom. The molecule has 26 heavy (non-hydrogen) atoms. The maximum absolute atomic E-state index is 12.1. The number of rotatable bonds is 6. The van der Waals surface area contributed by atoms with E-state index in [9.17, 15) is 4.79 Å². The van der Waals surface area contributed by atoms with Crippen LogP contribution in [0.1, 0.15) is 27.6 Å². The first kappa shape index (κ1) is 18.3. The van der Waals surface area contributed by atoms with Crippen molar-refractivity contribution in [1.29, 1.82) is 0 Å². The van der Waals surface area contributed by atoms with Gasteiger partial charge in [0.25, 0.3) is 0 Å². The van der Waals surface area contributed by atoms with Gasteiger partial charge in [0, 0.05) is 23.8 Å². The Kier molecular flexibility index (Phi) is 5.49. The molecular weight excluding hydrogens is 375 g/mol. The molecule has 0 aliphatic rings. The van der Waals surface area contributed by atoms with Crippen molar-refractivity contribution in [3.8, 4) is 5.75 Å². The van der Waals surface area contributed by atoms with Crippen molar-refractivity contribution in [2.24, 2.45) is 7.05 Å². The normalized spacial score (nSPS) is 11.2. The number of benzene rings is 1. The molecule has 0 saturated carbocycles. The van der Waals surface area contributed by atoms with Gasteiger partial charge in [-0.1, -0.05) is 29.3 Å². The van der Waals surface area contributed by atoms with Gasteiger partial charge in [0.1, 0.15) is 23.9 Å². The number of ether oxygens (including phenoxy) is 1. The highest BCUT2D eigenvalue weighted by molar-refractivity contribution is 6.34. The van der Waals surface area contributed by atoms with E-state index in [-0.39, 0.29) is 18.1 Å². The van der Waals surface area contributed by atoms with E-state index in [1.807, 2.05) is 25.1 Å². The summed E-state index contributed by atoms with van der Waals surface area (Å²) in [6, 6.07) is 9.03. The maximum atomic E-state index is 12.1. The van der Waals surface area contributed by atoms with Crippen molar-refractivity contribution in [1.82, 2.24) is 9.78 Å². The molecule has 5 nitrogen and oxygen atoms in total. The van der Waals surface area contributed by atoms with Gasteiger partial charge in [-0.15, -0.1) is 0 Å². The minimum absolute atomic E-state index is 0.206.